The highest BCUT2D eigenvalue weighted by atomic mass is 16.5. The Hall–Kier alpha value is -2.89. The molecule has 3 heterocycles. The minimum absolute atomic E-state index is 0.0329. The molecule has 0 radical (unpaired) electrons. The maximum atomic E-state index is 13.0. The van der Waals surface area contributed by atoms with E-state index in [1.165, 1.54) is 0 Å². The molecule has 2 saturated heterocycles. The Bertz CT molecular complexity index is 863. The van der Waals surface area contributed by atoms with Crippen molar-refractivity contribution >= 4 is 17.5 Å². The second kappa shape index (κ2) is 8.64. The van der Waals surface area contributed by atoms with Crippen LogP contribution in [0.1, 0.15) is 24.8 Å². The van der Waals surface area contributed by atoms with Crippen LogP contribution in [-0.4, -0.2) is 47.9 Å². The minimum Gasteiger partial charge on any atom is -0.493 e. The Morgan fingerprint density at radius 2 is 1.93 bits per heavy atom. The van der Waals surface area contributed by atoms with Gasteiger partial charge in [-0.05, 0) is 43.9 Å². The van der Waals surface area contributed by atoms with Crippen LogP contribution in [0.5, 0.6) is 5.75 Å². The summed E-state index contributed by atoms with van der Waals surface area (Å²) in [6.07, 6.45) is 5.71. The molecule has 0 saturated carbocycles. The Balaban J connectivity index is 1.27. The van der Waals surface area contributed by atoms with Crippen LogP contribution in [-0.2, 0) is 9.59 Å². The second-order valence-electron chi connectivity index (χ2n) is 7.96. The van der Waals surface area contributed by atoms with Crippen LogP contribution in [0.2, 0.25) is 0 Å². The molecule has 2 fully saturated rings. The summed E-state index contributed by atoms with van der Waals surface area (Å²) in [7, 11) is 0. The molecule has 29 heavy (non-hydrogen) atoms. The zero-order valence-corrected chi connectivity index (χ0v) is 16.8. The van der Waals surface area contributed by atoms with Gasteiger partial charge in [-0.15, -0.1) is 0 Å². The molecule has 0 bridgehead atoms. The van der Waals surface area contributed by atoms with E-state index in [4.69, 9.17) is 4.74 Å². The zero-order chi connectivity index (χ0) is 20.2. The molecule has 6 nitrogen and oxygen atoms in total. The molecular weight excluding hydrogens is 366 g/mol. The third-order valence-corrected chi connectivity index (χ3v) is 5.91. The van der Waals surface area contributed by atoms with Crippen LogP contribution in [0.3, 0.4) is 0 Å². The smallest absolute Gasteiger partial charge is 0.228 e. The van der Waals surface area contributed by atoms with E-state index in [-0.39, 0.29) is 17.7 Å². The van der Waals surface area contributed by atoms with Gasteiger partial charge < -0.3 is 14.5 Å². The Morgan fingerprint density at radius 3 is 2.66 bits per heavy atom. The lowest BCUT2D eigenvalue weighted by molar-refractivity contribution is -0.137. The van der Waals surface area contributed by atoms with E-state index in [0.29, 0.717) is 25.5 Å². The number of carbonyl (C=O) groups is 2. The third-order valence-electron chi connectivity index (χ3n) is 5.91. The van der Waals surface area contributed by atoms with Crippen LogP contribution in [0.4, 0.5) is 5.69 Å². The monoisotopic (exact) mass is 393 g/mol. The lowest BCUT2D eigenvalue weighted by Gasteiger charge is -2.33. The van der Waals surface area contributed by atoms with Crippen LogP contribution in [0.15, 0.2) is 48.8 Å². The molecule has 1 unspecified atom stereocenters. The average Bonchev–Trinajstić information content (AvgIpc) is 3.15. The largest absolute Gasteiger partial charge is 0.493 e. The van der Waals surface area contributed by atoms with E-state index < -0.39 is 0 Å². The third kappa shape index (κ3) is 4.42. The summed E-state index contributed by atoms with van der Waals surface area (Å²) >= 11 is 0. The van der Waals surface area contributed by atoms with E-state index in [9.17, 15) is 9.59 Å². The van der Waals surface area contributed by atoms with Crippen molar-refractivity contribution in [2.45, 2.75) is 26.2 Å². The van der Waals surface area contributed by atoms with Crippen molar-refractivity contribution in [1.82, 2.24) is 9.88 Å². The van der Waals surface area contributed by atoms with E-state index in [0.717, 1.165) is 42.9 Å². The fourth-order valence-corrected chi connectivity index (χ4v) is 4.14. The summed E-state index contributed by atoms with van der Waals surface area (Å²) in [5.41, 5.74) is 1.91. The molecule has 1 aromatic carbocycles. The van der Waals surface area contributed by atoms with Gasteiger partial charge in [0.05, 0.1) is 12.5 Å². The topological polar surface area (TPSA) is 62.7 Å². The first-order chi connectivity index (χ1) is 14.1. The van der Waals surface area contributed by atoms with Crippen molar-refractivity contribution in [3.05, 3.63) is 54.4 Å². The summed E-state index contributed by atoms with van der Waals surface area (Å²) in [5.74, 6) is 1.23. The molecule has 0 aliphatic carbocycles. The van der Waals surface area contributed by atoms with Crippen molar-refractivity contribution < 1.29 is 14.3 Å². The molecule has 2 amide bonds. The van der Waals surface area contributed by atoms with Crippen molar-refractivity contribution in [2.24, 2.45) is 11.8 Å². The summed E-state index contributed by atoms with van der Waals surface area (Å²) < 4.78 is 5.95. The summed E-state index contributed by atoms with van der Waals surface area (Å²) in [6, 6.07) is 11.5. The molecular formula is C23H27N3O3. The predicted molar refractivity (Wildman–Crippen MR) is 111 cm³/mol. The van der Waals surface area contributed by atoms with Crippen molar-refractivity contribution in [2.75, 3.05) is 31.1 Å². The number of amides is 2. The van der Waals surface area contributed by atoms with Gasteiger partial charge in [0.2, 0.25) is 11.8 Å². The van der Waals surface area contributed by atoms with Gasteiger partial charge in [-0.2, -0.15) is 0 Å². The maximum absolute atomic E-state index is 13.0. The number of benzene rings is 1. The predicted octanol–water partition coefficient (Wildman–Crippen LogP) is 3.06. The number of rotatable bonds is 5. The molecule has 152 valence electrons. The molecule has 2 aliphatic heterocycles. The number of hydrogen-bond acceptors (Lipinski definition) is 4. The van der Waals surface area contributed by atoms with Gasteiger partial charge in [0.15, 0.2) is 0 Å². The highest BCUT2D eigenvalue weighted by Gasteiger charge is 2.38. The second-order valence-corrected chi connectivity index (χ2v) is 7.96. The van der Waals surface area contributed by atoms with Crippen molar-refractivity contribution in [3.8, 4) is 5.75 Å². The first-order valence-corrected chi connectivity index (χ1v) is 10.3. The highest BCUT2D eigenvalue weighted by molar-refractivity contribution is 6.00. The molecule has 2 aromatic rings. The number of aryl methyl sites for hydroxylation is 1. The van der Waals surface area contributed by atoms with Crippen molar-refractivity contribution in [3.63, 3.8) is 0 Å². The van der Waals surface area contributed by atoms with Crippen molar-refractivity contribution in [1.29, 1.82) is 0 Å². The summed E-state index contributed by atoms with van der Waals surface area (Å²) in [6.45, 7) is 4.60. The van der Waals surface area contributed by atoms with Crippen LogP contribution >= 0.6 is 0 Å². The Morgan fingerprint density at radius 1 is 1.17 bits per heavy atom. The standard InChI is InChI=1S/C23H27N3O3/c1-17-14-24-10-7-21(17)29-16-18-8-11-25(12-9-18)23(28)19-13-22(27)26(15-19)20-5-3-2-4-6-20/h2-7,10,14,18-19H,8-9,11-13,15-16H2,1H3. The zero-order valence-electron chi connectivity index (χ0n) is 16.8. The van der Waals surface area contributed by atoms with Gasteiger partial charge in [-0.25, -0.2) is 0 Å². The number of para-hydroxylation sites is 1. The first kappa shape index (κ1) is 19.4. The maximum Gasteiger partial charge on any atom is 0.228 e. The Labute approximate surface area is 171 Å². The first-order valence-electron chi connectivity index (χ1n) is 10.3. The summed E-state index contributed by atoms with van der Waals surface area (Å²) in [5, 5.41) is 0. The number of likely N-dealkylation sites (tertiary alicyclic amines) is 1. The minimum atomic E-state index is -0.241. The SMILES string of the molecule is Cc1cnccc1OCC1CCN(C(=O)C2CC(=O)N(c3ccccc3)C2)CC1. The Kier molecular flexibility index (Phi) is 5.79. The van der Waals surface area contributed by atoms with E-state index in [1.54, 1.807) is 17.3 Å². The van der Waals surface area contributed by atoms with Crippen LogP contribution < -0.4 is 9.64 Å². The molecule has 1 aromatic heterocycles. The molecule has 4 rings (SSSR count). The molecule has 2 aliphatic rings. The van der Waals surface area contributed by atoms with Gasteiger partial charge in [0.25, 0.3) is 0 Å². The number of anilines is 1. The van der Waals surface area contributed by atoms with E-state index in [2.05, 4.69) is 4.98 Å². The average molecular weight is 393 g/mol. The molecule has 6 heteroatoms. The number of nitrogens with zero attached hydrogens (tertiary/aromatic N) is 3. The van der Waals surface area contributed by atoms with E-state index >= 15 is 0 Å². The fraction of sp³-hybridized carbons (Fsp3) is 0.435. The summed E-state index contributed by atoms with van der Waals surface area (Å²) in [4.78, 5) is 33.1. The van der Waals surface area contributed by atoms with Gasteiger partial charge in [0.1, 0.15) is 5.75 Å². The lowest BCUT2D eigenvalue weighted by Crippen LogP contribution is -2.43. The molecule has 0 N–H and O–H groups in total. The van der Waals surface area contributed by atoms with E-state index in [1.807, 2.05) is 48.2 Å². The molecule has 0 spiro atoms. The van der Waals surface area contributed by atoms with Crippen LogP contribution in [0.25, 0.3) is 0 Å². The number of pyridine rings is 1. The van der Waals surface area contributed by atoms with Gasteiger partial charge in [-0.3, -0.25) is 14.6 Å². The normalized spacial score (nSPS) is 20.2. The van der Waals surface area contributed by atoms with Gasteiger partial charge in [-0.1, -0.05) is 18.2 Å². The molecule has 1 atom stereocenters. The van der Waals surface area contributed by atoms with Gasteiger partial charge >= 0.3 is 0 Å². The quantitative estimate of drug-likeness (QED) is 0.783. The fourth-order valence-electron chi connectivity index (χ4n) is 4.14. The number of hydrogen-bond donors (Lipinski definition) is 0. The number of ether oxygens (including phenoxy) is 1. The van der Waals surface area contributed by atoms with Gasteiger partial charge in [0, 0.05) is 49.7 Å². The van der Waals surface area contributed by atoms with Crippen LogP contribution in [0, 0.1) is 18.8 Å². The lowest BCUT2D eigenvalue weighted by atomic mass is 9.96. The highest BCUT2D eigenvalue weighted by Crippen LogP contribution is 2.28. The number of aromatic nitrogens is 1. The number of carbonyl (C=O) groups excluding carboxylic acids is 2. The number of piperidine rings is 1.